The van der Waals surface area contributed by atoms with E-state index in [-0.39, 0.29) is 42.3 Å². The zero-order valence-corrected chi connectivity index (χ0v) is 15.2. The van der Waals surface area contributed by atoms with Gasteiger partial charge in [0, 0.05) is 24.2 Å². The topological polar surface area (TPSA) is 93.4 Å². The summed E-state index contributed by atoms with van der Waals surface area (Å²) in [6, 6.07) is 7.11. The number of hydrogen-bond acceptors (Lipinski definition) is 4. The quantitative estimate of drug-likeness (QED) is 0.655. The van der Waals surface area contributed by atoms with Crippen LogP contribution in [0.15, 0.2) is 24.3 Å². The summed E-state index contributed by atoms with van der Waals surface area (Å²) in [4.78, 5) is 23.9. The number of rotatable bonds is 8. The van der Waals surface area contributed by atoms with E-state index >= 15 is 0 Å². The van der Waals surface area contributed by atoms with Crippen LogP contribution in [0.3, 0.4) is 0 Å². The molecule has 1 aromatic carbocycles. The molecule has 2 aliphatic rings. The molecule has 2 amide bonds. The highest BCUT2D eigenvalue weighted by Crippen LogP contribution is 2.38. The van der Waals surface area contributed by atoms with E-state index in [1.54, 1.807) is 18.2 Å². The van der Waals surface area contributed by atoms with E-state index in [0.717, 1.165) is 25.7 Å². The number of carbonyl (C=O) groups is 2. The lowest BCUT2D eigenvalue weighted by Gasteiger charge is -2.29. The highest BCUT2D eigenvalue weighted by Gasteiger charge is 2.41. The number of nitrogens with one attached hydrogen (secondary N) is 2. The van der Waals surface area contributed by atoms with Crippen LogP contribution in [0.4, 0.5) is 5.69 Å². The second-order valence-electron chi connectivity index (χ2n) is 7.02. The minimum absolute atomic E-state index is 0. The van der Waals surface area contributed by atoms with Gasteiger partial charge in [-0.25, -0.2) is 0 Å². The van der Waals surface area contributed by atoms with E-state index in [4.69, 9.17) is 10.5 Å². The monoisotopic (exact) mass is 367 g/mol. The number of benzene rings is 1. The number of ether oxygens (including phenoxy) is 1. The van der Waals surface area contributed by atoms with Crippen molar-refractivity contribution < 1.29 is 14.3 Å². The van der Waals surface area contributed by atoms with Crippen LogP contribution in [0.25, 0.3) is 0 Å². The predicted molar refractivity (Wildman–Crippen MR) is 98.9 cm³/mol. The van der Waals surface area contributed by atoms with Crippen LogP contribution >= 0.6 is 12.4 Å². The van der Waals surface area contributed by atoms with E-state index in [1.807, 2.05) is 13.0 Å². The maximum Gasteiger partial charge on any atom is 0.258 e. The highest BCUT2D eigenvalue weighted by atomic mass is 35.5. The summed E-state index contributed by atoms with van der Waals surface area (Å²) in [6.07, 6.45) is 4.14. The minimum Gasteiger partial charge on any atom is -0.484 e. The first-order valence-electron chi connectivity index (χ1n) is 8.55. The Kier molecular flexibility index (Phi) is 6.30. The molecule has 3 rings (SSSR count). The largest absolute Gasteiger partial charge is 0.484 e. The van der Waals surface area contributed by atoms with Crippen LogP contribution in [0, 0.1) is 11.8 Å². The molecule has 1 unspecified atom stereocenters. The van der Waals surface area contributed by atoms with Gasteiger partial charge in [0.2, 0.25) is 5.91 Å². The number of hydrogen-bond donors (Lipinski definition) is 3. The fraction of sp³-hybridized carbons (Fsp3) is 0.556. The highest BCUT2D eigenvalue weighted by molar-refractivity contribution is 5.94. The Balaban J connectivity index is 0.00000225. The van der Waals surface area contributed by atoms with E-state index in [1.165, 1.54) is 0 Å². The number of nitrogens with two attached hydrogens (primary N) is 1. The van der Waals surface area contributed by atoms with Crippen LogP contribution in [-0.4, -0.2) is 30.5 Å². The summed E-state index contributed by atoms with van der Waals surface area (Å²) in [6.45, 7) is 2.34. The molecule has 138 valence electrons. The van der Waals surface area contributed by atoms with Gasteiger partial charge < -0.3 is 21.1 Å². The van der Waals surface area contributed by atoms with Crippen molar-refractivity contribution in [2.45, 2.75) is 38.1 Å². The first-order chi connectivity index (χ1) is 11.5. The first kappa shape index (κ1) is 19.5. The van der Waals surface area contributed by atoms with Gasteiger partial charge in [0.15, 0.2) is 6.61 Å². The summed E-state index contributed by atoms with van der Waals surface area (Å²) in [5.74, 6) is 1.04. The minimum atomic E-state index is -0.347. The van der Waals surface area contributed by atoms with Gasteiger partial charge in [-0.2, -0.15) is 0 Å². The second-order valence-corrected chi connectivity index (χ2v) is 7.02. The van der Waals surface area contributed by atoms with Gasteiger partial charge in [-0.05, 0) is 50.7 Å². The Labute approximate surface area is 154 Å². The van der Waals surface area contributed by atoms with Gasteiger partial charge in [-0.15, -0.1) is 12.4 Å². The molecule has 4 N–H and O–H groups in total. The summed E-state index contributed by atoms with van der Waals surface area (Å²) in [7, 11) is 0. The maximum atomic E-state index is 12.1. The Bertz CT molecular complexity index is 632. The molecule has 1 aromatic rings. The van der Waals surface area contributed by atoms with Crippen LogP contribution < -0.4 is 21.1 Å². The molecule has 6 nitrogen and oxygen atoms in total. The van der Waals surface area contributed by atoms with Crippen molar-refractivity contribution in [2.75, 3.05) is 18.5 Å². The Morgan fingerprint density at radius 1 is 1.28 bits per heavy atom. The number of halogens is 1. The molecule has 0 aliphatic heterocycles. The molecule has 2 saturated carbocycles. The molecule has 25 heavy (non-hydrogen) atoms. The lowest BCUT2D eigenvalue weighted by molar-refractivity contribution is -0.125. The molecular weight excluding hydrogens is 342 g/mol. The van der Waals surface area contributed by atoms with Crippen LogP contribution in [0.1, 0.15) is 32.6 Å². The molecule has 0 aromatic heterocycles. The van der Waals surface area contributed by atoms with E-state index < -0.39 is 0 Å². The molecule has 2 aliphatic carbocycles. The Hall–Kier alpha value is -1.79. The van der Waals surface area contributed by atoms with Crippen molar-refractivity contribution in [3.63, 3.8) is 0 Å². The van der Waals surface area contributed by atoms with Crippen molar-refractivity contribution in [1.29, 1.82) is 0 Å². The third kappa shape index (κ3) is 5.34. The molecule has 2 fully saturated rings. The molecule has 0 spiro atoms. The molecule has 0 radical (unpaired) electrons. The van der Waals surface area contributed by atoms with Gasteiger partial charge in [-0.1, -0.05) is 6.07 Å². The zero-order chi connectivity index (χ0) is 17.2. The van der Waals surface area contributed by atoms with Gasteiger partial charge in [0.25, 0.3) is 5.91 Å². The van der Waals surface area contributed by atoms with Crippen LogP contribution in [0.5, 0.6) is 5.75 Å². The molecular formula is C18H26ClN3O3. The molecule has 0 saturated heterocycles. The molecule has 0 bridgehead atoms. The third-order valence-electron chi connectivity index (χ3n) is 4.75. The lowest BCUT2D eigenvalue weighted by Crippen LogP contribution is -2.54. The maximum absolute atomic E-state index is 12.1. The van der Waals surface area contributed by atoms with Gasteiger partial charge >= 0.3 is 0 Å². The van der Waals surface area contributed by atoms with E-state index in [2.05, 4.69) is 10.6 Å². The number of amides is 2. The third-order valence-corrected chi connectivity index (χ3v) is 4.75. The average Bonchev–Trinajstić information content (AvgIpc) is 3.44. The summed E-state index contributed by atoms with van der Waals surface area (Å²) >= 11 is 0. The standard InChI is InChI=1S/C18H25N3O3.ClH/c1-18(11-19,13-7-8-13)21-16(22)10-24-15-4-2-3-14(9-15)20-17(23)12-5-6-12;/h2-4,9,12-13H,5-8,10-11,19H2,1H3,(H,20,23)(H,21,22);1H. The van der Waals surface area contributed by atoms with Crippen molar-refractivity contribution in [2.24, 2.45) is 17.6 Å². The van der Waals surface area contributed by atoms with Crippen molar-refractivity contribution in [3.05, 3.63) is 24.3 Å². The smallest absolute Gasteiger partial charge is 0.258 e. The van der Waals surface area contributed by atoms with Gasteiger partial charge in [0.05, 0.1) is 5.54 Å². The van der Waals surface area contributed by atoms with E-state index in [9.17, 15) is 9.59 Å². The summed E-state index contributed by atoms with van der Waals surface area (Å²) < 4.78 is 5.55. The normalized spacial score (nSPS) is 18.5. The van der Waals surface area contributed by atoms with Crippen molar-refractivity contribution in [1.82, 2.24) is 5.32 Å². The molecule has 0 heterocycles. The Morgan fingerprint density at radius 2 is 2.00 bits per heavy atom. The van der Waals surface area contributed by atoms with Crippen molar-refractivity contribution in [3.8, 4) is 5.75 Å². The van der Waals surface area contributed by atoms with Crippen LogP contribution in [-0.2, 0) is 9.59 Å². The predicted octanol–water partition coefficient (Wildman–Crippen LogP) is 2.08. The first-order valence-corrected chi connectivity index (χ1v) is 8.55. The molecule has 7 heteroatoms. The number of anilines is 1. The lowest BCUT2D eigenvalue weighted by atomic mass is 9.96. The second kappa shape index (κ2) is 8.06. The van der Waals surface area contributed by atoms with Crippen LogP contribution in [0.2, 0.25) is 0 Å². The fourth-order valence-corrected chi connectivity index (χ4v) is 2.80. The average molecular weight is 368 g/mol. The van der Waals surface area contributed by atoms with E-state index in [0.29, 0.717) is 23.9 Å². The van der Waals surface area contributed by atoms with Crippen molar-refractivity contribution >= 4 is 29.9 Å². The Morgan fingerprint density at radius 3 is 2.60 bits per heavy atom. The zero-order valence-electron chi connectivity index (χ0n) is 14.4. The summed E-state index contributed by atoms with van der Waals surface area (Å²) in [5, 5.41) is 5.85. The van der Waals surface area contributed by atoms with Gasteiger partial charge in [-0.3, -0.25) is 9.59 Å². The molecule has 1 atom stereocenters. The fourth-order valence-electron chi connectivity index (χ4n) is 2.80. The van der Waals surface area contributed by atoms with Gasteiger partial charge in [0.1, 0.15) is 5.75 Å². The number of carbonyl (C=O) groups excluding carboxylic acids is 2. The summed E-state index contributed by atoms with van der Waals surface area (Å²) in [5.41, 5.74) is 6.15. The SMILES string of the molecule is CC(CN)(NC(=O)COc1cccc(NC(=O)C2CC2)c1)C1CC1.Cl.